The average Bonchev–Trinajstić information content (AvgIpc) is 3.68. The molecule has 0 fully saturated rings. The number of imidazole rings is 1. The Morgan fingerprint density at radius 1 is 0.652 bits per heavy atom. The van der Waals surface area contributed by atoms with Crippen LogP contribution in [0.1, 0.15) is 0 Å². The van der Waals surface area contributed by atoms with Crippen molar-refractivity contribution < 1.29 is 14.3 Å². The third-order valence-electron chi connectivity index (χ3n) is 8.44. The highest BCUT2D eigenvalue weighted by Crippen LogP contribution is 2.44. The number of aromatic hydroxyl groups is 1. The molecule has 0 unspecified atom stereocenters. The normalized spacial score (nSPS) is 11.6. The molecule has 46 heavy (non-hydrogen) atoms. The number of ether oxygens (including phenoxy) is 1. The summed E-state index contributed by atoms with van der Waals surface area (Å²) in [4.78, 5) is 9.83. The molecule has 0 spiro atoms. The number of pyridine rings is 1. The Morgan fingerprint density at radius 3 is 2.35 bits per heavy atom. The Hall–Kier alpha value is -6.40. The molecule has 1 N–H and O–H groups in total. The molecule has 3 aromatic heterocycles. The third-order valence-corrected chi connectivity index (χ3v) is 8.44. The highest BCUT2D eigenvalue weighted by atomic mass is 16.5. The Balaban J connectivity index is 1.22. The van der Waals surface area contributed by atoms with Crippen LogP contribution in [-0.4, -0.2) is 19.6 Å². The predicted octanol–water partition coefficient (Wildman–Crippen LogP) is 10.3. The van der Waals surface area contributed by atoms with Crippen LogP contribution < -0.4 is 4.74 Å². The van der Waals surface area contributed by atoms with E-state index in [0.29, 0.717) is 17.2 Å². The van der Waals surface area contributed by atoms with Gasteiger partial charge in [0.2, 0.25) is 5.75 Å². The van der Waals surface area contributed by atoms with Crippen molar-refractivity contribution in [2.45, 2.75) is 0 Å². The quantitative estimate of drug-likeness (QED) is 0.214. The van der Waals surface area contributed by atoms with Gasteiger partial charge in [-0.2, -0.15) is 4.98 Å². The second kappa shape index (κ2) is 10.4. The van der Waals surface area contributed by atoms with E-state index in [4.69, 9.17) is 19.1 Å². The molecule has 6 aromatic carbocycles. The number of phenolic OH excluding ortho intramolecular Hbond substituents is 1. The molecule has 0 saturated carbocycles. The number of para-hydroxylation sites is 3. The van der Waals surface area contributed by atoms with Crippen molar-refractivity contribution in [3.05, 3.63) is 146 Å². The lowest BCUT2D eigenvalue weighted by Gasteiger charge is -2.11. The summed E-state index contributed by atoms with van der Waals surface area (Å²) in [6.45, 7) is 0. The van der Waals surface area contributed by atoms with Gasteiger partial charge in [-0.15, -0.1) is 0 Å². The molecule has 0 radical (unpaired) electrons. The standard InChI is InChI=1S/C40H25N3O3/c44-35-21-20-32-31-16-6-7-19-36(31)45-38(32)39(35)46-40-42-37-30(17-9-18-34(37)43(40)29-14-2-1-3-15-29)26-12-8-13-27(22-26)33-23-25-10-4-5-11-28(25)24-41-33/h1-24,44H. The van der Waals surface area contributed by atoms with Crippen LogP contribution >= 0.6 is 0 Å². The number of hydrogen-bond donors (Lipinski definition) is 1. The molecule has 0 amide bonds. The van der Waals surface area contributed by atoms with Crippen LogP contribution in [0.3, 0.4) is 0 Å². The molecule has 3 heterocycles. The minimum Gasteiger partial charge on any atom is -0.504 e. The van der Waals surface area contributed by atoms with Crippen molar-refractivity contribution in [2.24, 2.45) is 0 Å². The number of furan rings is 1. The number of nitrogens with zero attached hydrogens (tertiary/aromatic N) is 3. The van der Waals surface area contributed by atoms with E-state index in [1.165, 1.54) is 0 Å². The van der Waals surface area contributed by atoms with Gasteiger partial charge in [0.15, 0.2) is 11.3 Å². The fourth-order valence-electron chi connectivity index (χ4n) is 6.24. The molecule has 6 heteroatoms. The number of benzene rings is 6. The van der Waals surface area contributed by atoms with Crippen LogP contribution in [0.25, 0.3) is 71.8 Å². The Morgan fingerprint density at radius 2 is 1.43 bits per heavy atom. The van der Waals surface area contributed by atoms with Crippen molar-refractivity contribution in [2.75, 3.05) is 0 Å². The van der Waals surface area contributed by atoms with Gasteiger partial charge in [-0.05, 0) is 59.5 Å². The maximum absolute atomic E-state index is 11.0. The van der Waals surface area contributed by atoms with Gasteiger partial charge in [-0.3, -0.25) is 9.55 Å². The Kier molecular flexibility index (Phi) is 5.86. The number of aromatic nitrogens is 3. The van der Waals surface area contributed by atoms with Gasteiger partial charge >= 0.3 is 6.01 Å². The van der Waals surface area contributed by atoms with Crippen molar-refractivity contribution in [3.8, 4) is 45.6 Å². The van der Waals surface area contributed by atoms with Gasteiger partial charge in [0, 0.05) is 33.5 Å². The lowest BCUT2D eigenvalue weighted by molar-refractivity contribution is 0.388. The largest absolute Gasteiger partial charge is 0.504 e. The molecule has 0 aliphatic heterocycles. The first-order chi connectivity index (χ1) is 22.7. The van der Waals surface area contributed by atoms with E-state index in [-0.39, 0.29) is 11.5 Å². The van der Waals surface area contributed by atoms with Gasteiger partial charge in [-0.25, -0.2) is 0 Å². The first-order valence-corrected chi connectivity index (χ1v) is 15.0. The van der Waals surface area contributed by atoms with Crippen LogP contribution in [-0.2, 0) is 0 Å². The van der Waals surface area contributed by atoms with Crippen LogP contribution in [0.2, 0.25) is 0 Å². The summed E-state index contributed by atoms with van der Waals surface area (Å²) in [6, 6.07) is 46.4. The highest BCUT2D eigenvalue weighted by molar-refractivity contribution is 6.07. The van der Waals surface area contributed by atoms with Gasteiger partial charge in [0.1, 0.15) is 11.1 Å². The maximum Gasteiger partial charge on any atom is 0.307 e. The first kappa shape index (κ1) is 26.0. The summed E-state index contributed by atoms with van der Waals surface area (Å²) >= 11 is 0. The summed E-state index contributed by atoms with van der Waals surface area (Å²) < 4.78 is 14.7. The lowest BCUT2D eigenvalue weighted by atomic mass is 9.99. The minimum absolute atomic E-state index is 0.0333. The molecule has 6 nitrogen and oxygen atoms in total. The molecule has 218 valence electrons. The van der Waals surface area contributed by atoms with Crippen molar-refractivity contribution in [1.82, 2.24) is 14.5 Å². The zero-order valence-corrected chi connectivity index (χ0v) is 24.5. The molecule has 0 bridgehead atoms. The number of hydrogen-bond acceptors (Lipinski definition) is 5. The molecule has 0 aliphatic rings. The van der Waals surface area contributed by atoms with Crippen LogP contribution in [0, 0.1) is 0 Å². The summed E-state index contributed by atoms with van der Waals surface area (Å²) in [5, 5.41) is 15.1. The van der Waals surface area contributed by atoms with E-state index in [0.717, 1.165) is 60.6 Å². The fraction of sp³-hybridized carbons (Fsp3) is 0. The third kappa shape index (κ3) is 4.19. The van der Waals surface area contributed by atoms with Crippen molar-refractivity contribution >= 4 is 43.7 Å². The zero-order valence-electron chi connectivity index (χ0n) is 24.5. The van der Waals surface area contributed by atoms with Crippen LogP contribution in [0.15, 0.2) is 150 Å². The number of fused-ring (bicyclic) bond motifs is 5. The minimum atomic E-state index is -0.0333. The van der Waals surface area contributed by atoms with E-state index in [2.05, 4.69) is 42.5 Å². The maximum atomic E-state index is 11.0. The molecular weight excluding hydrogens is 570 g/mol. The van der Waals surface area contributed by atoms with E-state index < -0.39 is 0 Å². The molecule has 0 atom stereocenters. The summed E-state index contributed by atoms with van der Waals surface area (Å²) in [6.07, 6.45) is 1.92. The molecule has 9 aromatic rings. The fourth-order valence-corrected chi connectivity index (χ4v) is 6.24. The number of rotatable bonds is 5. The van der Waals surface area contributed by atoms with E-state index in [9.17, 15) is 5.11 Å². The number of phenols is 1. The van der Waals surface area contributed by atoms with Crippen molar-refractivity contribution in [3.63, 3.8) is 0 Å². The van der Waals surface area contributed by atoms with Crippen molar-refractivity contribution in [1.29, 1.82) is 0 Å². The molecule has 0 saturated heterocycles. The van der Waals surface area contributed by atoms with Crippen LogP contribution in [0.4, 0.5) is 0 Å². The molecular formula is C40H25N3O3. The van der Waals surface area contributed by atoms with Crippen LogP contribution in [0.5, 0.6) is 17.5 Å². The lowest BCUT2D eigenvalue weighted by Crippen LogP contribution is -1.98. The van der Waals surface area contributed by atoms with Gasteiger partial charge < -0.3 is 14.3 Å². The first-order valence-electron chi connectivity index (χ1n) is 15.0. The molecule has 0 aliphatic carbocycles. The summed E-state index contributed by atoms with van der Waals surface area (Å²) in [5.41, 5.74) is 7.56. The van der Waals surface area contributed by atoms with Gasteiger partial charge in [0.25, 0.3) is 0 Å². The van der Waals surface area contributed by atoms with E-state index in [1.807, 2.05) is 102 Å². The topological polar surface area (TPSA) is 73.3 Å². The predicted molar refractivity (Wildman–Crippen MR) is 183 cm³/mol. The monoisotopic (exact) mass is 595 g/mol. The summed E-state index contributed by atoms with van der Waals surface area (Å²) in [5.74, 6) is 0.182. The Bertz CT molecular complexity index is 2580. The highest BCUT2D eigenvalue weighted by Gasteiger charge is 2.22. The molecule has 9 rings (SSSR count). The van der Waals surface area contributed by atoms with Gasteiger partial charge in [0.05, 0.1) is 16.9 Å². The Labute approximate surface area is 263 Å². The second-order valence-electron chi connectivity index (χ2n) is 11.2. The van der Waals surface area contributed by atoms with E-state index in [1.54, 1.807) is 6.07 Å². The average molecular weight is 596 g/mol. The zero-order chi connectivity index (χ0) is 30.6. The smallest absolute Gasteiger partial charge is 0.307 e. The van der Waals surface area contributed by atoms with Gasteiger partial charge in [-0.1, -0.05) is 91.0 Å². The van der Waals surface area contributed by atoms with E-state index >= 15 is 0 Å². The summed E-state index contributed by atoms with van der Waals surface area (Å²) in [7, 11) is 0. The SMILES string of the molecule is Oc1ccc2c(oc3ccccc32)c1Oc1nc2c(-c3cccc(-c4cc5ccccc5cn4)c3)cccc2n1-c1ccccc1. The second-order valence-corrected chi connectivity index (χ2v) is 11.2.